The van der Waals surface area contributed by atoms with Crippen LogP contribution in [0.3, 0.4) is 0 Å². The fourth-order valence-corrected chi connectivity index (χ4v) is 3.84. The molecule has 8 heteroatoms. The van der Waals surface area contributed by atoms with E-state index in [0.29, 0.717) is 11.7 Å². The van der Waals surface area contributed by atoms with Crippen LogP contribution in [0, 0.1) is 6.92 Å². The first-order valence-electron chi connectivity index (χ1n) is 8.43. The van der Waals surface area contributed by atoms with E-state index in [-0.39, 0.29) is 0 Å². The summed E-state index contributed by atoms with van der Waals surface area (Å²) in [6.45, 7) is 6.50. The maximum atomic E-state index is 5.23. The summed E-state index contributed by atoms with van der Waals surface area (Å²) < 4.78 is 5.23. The Morgan fingerprint density at radius 1 is 1.08 bits per heavy atom. The van der Waals surface area contributed by atoms with Crippen LogP contribution in [0.25, 0.3) is 0 Å². The highest BCUT2D eigenvalue weighted by Crippen LogP contribution is 2.31. The Morgan fingerprint density at radius 2 is 1.92 bits per heavy atom. The minimum Gasteiger partial charge on any atom is -0.354 e. The lowest BCUT2D eigenvalue weighted by atomic mass is 10.2. The number of thioether (sulfide) groups is 1. The molecule has 0 spiro atoms. The molecule has 4 rings (SSSR count). The van der Waals surface area contributed by atoms with Crippen molar-refractivity contribution in [1.29, 1.82) is 0 Å². The van der Waals surface area contributed by atoms with Gasteiger partial charge in [-0.05, 0) is 32.4 Å². The van der Waals surface area contributed by atoms with Crippen LogP contribution in [0.2, 0.25) is 0 Å². The number of piperazine rings is 1. The predicted octanol–water partition coefficient (Wildman–Crippen LogP) is 1.70. The summed E-state index contributed by atoms with van der Waals surface area (Å²) in [7, 11) is 0. The van der Waals surface area contributed by atoms with Gasteiger partial charge in [-0.25, -0.2) is 9.97 Å². The second-order valence-corrected chi connectivity index (χ2v) is 7.08. The highest BCUT2D eigenvalue weighted by Gasteiger charge is 2.26. The Hall–Kier alpha value is -1.67. The lowest BCUT2D eigenvalue weighted by Gasteiger charge is -2.35. The quantitative estimate of drug-likeness (QED) is 0.612. The van der Waals surface area contributed by atoms with E-state index in [0.717, 1.165) is 56.5 Å². The molecule has 1 aliphatic heterocycles. The molecule has 0 bridgehead atoms. The molecule has 0 N–H and O–H groups in total. The normalized spacial score (nSPS) is 18.2. The van der Waals surface area contributed by atoms with Crippen molar-refractivity contribution in [1.82, 2.24) is 25.0 Å². The van der Waals surface area contributed by atoms with Crippen LogP contribution in [-0.4, -0.2) is 57.4 Å². The Balaban J connectivity index is 1.45. The zero-order chi connectivity index (χ0) is 16.5. The second kappa shape index (κ2) is 6.68. The first kappa shape index (κ1) is 15.8. The standard InChI is InChI=1S/C16H22N6OS/c1-11-17-14(23-20-11)10-21-6-8-22(9-7-21)15-12-4-3-5-13(12)18-16(19-15)24-2/h3-10H2,1-2H3. The van der Waals surface area contributed by atoms with Crippen LogP contribution >= 0.6 is 11.8 Å². The van der Waals surface area contributed by atoms with Gasteiger partial charge in [0.2, 0.25) is 5.89 Å². The van der Waals surface area contributed by atoms with Crippen molar-refractivity contribution in [3.8, 4) is 0 Å². The van der Waals surface area contributed by atoms with E-state index < -0.39 is 0 Å². The van der Waals surface area contributed by atoms with E-state index in [1.54, 1.807) is 11.8 Å². The van der Waals surface area contributed by atoms with Gasteiger partial charge in [-0.1, -0.05) is 16.9 Å². The molecule has 0 unspecified atom stereocenters. The van der Waals surface area contributed by atoms with Gasteiger partial charge in [-0.3, -0.25) is 4.90 Å². The molecular formula is C16H22N6OS. The number of fused-ring (bicyclic) bond motifs is 1. The summed E-state index contributed by atoms with van der Waals surface area (Å²) in [5.74, 6) is 2.56. The van der Waals surface area contributed by atoms with Gasteiger partial charge in [-0.2, -0.15) is 4.98 Å². The van der Waals surface area contributed by atoms with E-state index in [2.05, 4.69) is 24.9 Å². The molecule has 0 radical (unpaired) electrons. The second-order valence-electron chi connectivity index (χ2n) is 6.31. The van der Waals surface area contributed by atoms with Gasteiger partial charge >= 0.3 is 0 Å². The summed E-state index contributed by atoms with van der Waals surface area (Å²) in [5.41, 5.74) is 2.63. The van der Waals surface area contributed by atoms with Gasteiger partial charge < -0.3 is 9.42 Å². The van der Waals surface area contributed by atoms with Crippen molar-refractivity contribution < 1.29 is 4.52 Å². The fourth-order valence-electron chi connectivity index (χ4n) is 3.46. The lowest BCUT2D eigenvalue weighted by Crippen LogP contribution is -2.46. The van der Waals surface area contributed by atoms with Crippen molar-refractivity contribution in [3.63, 3.8) is 0 Å². The number of aryl methyl sites for hydroxylation is 2. The zero-order valence-corrected chi connectivity index (χ0v) is 15.0. The van der Waals surface area contributed by atoms with Crippen molar-refractivity contribution in [2.45, 2.75) is 37.9 Å². The van der Waals surface area contributed by atoms with Gasteiger partial charge in [-0.15, -0.1) is 0 Å². The highest BCUT2D eigenvalue weighted by atomic mass is 32.2. The van der Waals surface area contributed by atoms with Gasteiger partial charge in [0.25, 0.3) is 0 Å². The fraction of sp³-hybridized carbons (Fsp3) is 0.625. The molecule has 2 aromatic rings. The molecule has 24 heavy (non-hydrogen) atoms. The molecule has 2 aromatic heterocycles. The average Bonchev–Trinajstić information content (AvgIpc) is 3.23. The summed E-state index contributed by atoms with van der Waals surface area (Å²) >= 11 is 1.63. The third kappa shape index (κ3) is 3.12. The Labute approximate surface area is 145 Å². The summed E-state index contributed by atoms with van der Waals surface area (Å²) in [5, 5.41) is 4.76. The number of anilines is 1. The topological polar surface area (TPSA) is 71.2 Å². The smallest absolute Gasteiger partial charge is 0.240 e. The molecule has 0 atom stereocenters. The summed E-state index contributed by atoms with van der Waals surface area (Å²) in [6.07, 6.45) is 5.45. The predicted molar refractivity (Wildman–Crippen MR) is 92.4 cm³/mol. The average molecular weight is 346 g/mol. The van der Waals surface area contributed by atoms with Crippen molar-refractivity contribution >= 4 is 17.6 Å². The maximum Gasteiger partial charge on any atom is 0.240 e. The molecule has 128 valence electrons. The molecule has 1 fully saturated rings. The number of hydrogen-bond donors (Lipinski definition) is 0. The van der Waals surface area contributed by atoms with Crippen LogP contribution in [0.4, 0.5) is 5.82 Å². The van der Waals surface area contributed by atoms with Crippen LogP contribution in [0.15, 0.2) is 9.68 Å². The molecular weight excluding hydrogens is 324 g/mol. The lowest BCUT2D eigenvalue weighted by molar-refractivity contribution is 0.215. The first-order valence-corrected chi connectivity index (χ1v) is 9.65. The van der Waals surface area contributed by atoms with E-state index in [1.165, 1.54) is 17.7 Å². The maximum absolute atomic E-state index is 5.23. The van der Waals surface area contributed by atoms with Crippen LogP contribution < -0.4 is 4.90 Å². The summed E-state index contributed by atoms with van der Waals surface area (Å²) in [6, 6.07) is 0. The van der Waals surface area contributed by atoms with Gasteiger partial charge in [0.05, 0.1) is 12.2 Å². The minimum atomic E-state index is 0.699. The molecule has 1 aliphatic carbocycles. The summed E-state index contributed by atoms with van der Waals surface area (Å²) in [4.78, 5) is 18.6. The van der Waals surface area contributed by atoms with Crippen molar-refractivity contribution in [2.24, 2.45) is 0 Å². The Morgan fingerprint density at radius 3 is 2.62 bits per heavy atom. The number of hydrogen-bond acceptors (Lipinski definition) is 8. The molecule has 1 saturated heterocycles. The third-order valence-electron chi connectivity index (χ3n) is 4.67. The zero-order valence-electron chi connectivity index (χ0n) is 14.2. The van der Waals surface area contributed by atoms with E-state index in [9.17, 15) is 0 Å². The van der Waals surface area contributed by atoms with E-state index in [4.69, 9.17) is 9.51 Å². The molecule has 0 saturated carbocycles. The Kier molecular flexibility index (Phi) is 4.41. The first-order chi connectivity index (χ1) is 11.7. The molecule has 0 aromatic carbocycles. The van der Waals surface area contributed by atoms with Crippen LogP contribution in [-0.2, 0) is 19.4 Å². The molecule has 2 aliphatic rings. The van der Waals surface area contributed by atoms with Crippen molar-refractivity contribution in [2.75, 3.05) is 37.3 Å². The molecule has 0 amide bonds. The van der Waals surface area contributed by atoms with E-state index >= 15 is 0 Å². The highest BCUT2D eigenvalue weighted by molar-refractivity contribution is 7.98. The monoisotopic (exact) mass is 346 g/mol. The minimum absolute atomic E-state index is 0.699. The van der Waals surface area contributed by atoms with Crippen LogP contribution in [0.1, 0.15) is 29.4 Å². The number of nitrogens with zero attached hydrogens (tertiary/aromatic N) is 6. The largest absolute Gasteiger partial charge is 0.354 e. The molecule has 3 heterocycles. The van der Waals surface area contributed by atoms with Gasteiger partial charge in [0.1, 0.15) is 5.82 Å². The van der Waals surface area contributed by atoms with E-state index in [1.807, 2.05) is 13.2 Å². The van der Waals surface area contributed by atoms with Crippen LogP contribution in [0.5, 0.6) is 0 Å². The number of aromatic nitrogens is 4. The number of rotatable bonds is 4. The van der Waals surface area contributed by atoms with Gasteiger partial charge in [0.15, 0.2) is 11.0 Å². The third-order valence-corrected chi connectivity index (χ3v) is 5.22. The van der Waals surface area contributed by atoms with Crippen molar-refractivity contribution in [3.05, 3.63) is 23.0 Å². The van der Waals surface area contributed by atoms with Gasteiger partial charge in [0, 0.05) is 31.7 Å². The SMILES string of the molecule is CSc1nc2c(c(N3CCN(Cc4nc(C)no4)CC3)n1)CCC2. The Bertz CT molecular complexity index is 725. The molecule has 7 nitrogen and oxygen atoms in total.